The second-order valence-electron chi connectivity index (χ2n) is 11.4. The van der Waals surface area contributed by atoms with Crippen molar-refractivity contribution in [1.82, 2.24) is 10.2 Å². The number of hydrogen-bond acceptors (Lipinski definition) is 8. The molecule has 230 valence electrons. The van der Waals surface area contributed by atoms with Crippen LogP contribution in [-0.2, 0) is 16.0 Å². The Morgan fingerprint density at radius 2 is 1.93 bits per heavy atom. The third-order valence-corrected chi connectivity index (χ3v) is 8.80. The van der Waals surface area contributed by atoms with Gasteiger partial charge in [-0.3, -0.25) is 14.4 Å². The lowest BCUT2D eigenvalue weighted by Crippen LogP contribution is -2.56. The largest absolute Gasteiger partial charge is 0.497 e. The molecule has 1 heterocycles. The number of carbonyl (C=O) groups excluding carboxylic acids is 3. The van der Waals surface area contributed by atoms with Crippen molar-refractivity contribution in [2.45, 2.75) is 62.7 Å². The molecule has 2 aliphatic carbocycles. The fourth-order valence-electron chi connectivity index (χ4n) is 6.65. The van der Waals surface area contributed by atoms with E-state index in [0.717, 1.165) is 31.2 Å². The van der Waals surface area contributed by atoms with Gasteiger partial charge in [0.25, 0.3) is 0 Å². The Kier molecular flexibility index (Phi) is 9.67. The molecule has 0 unspecified atom stereocenters. The SMILES string of the molecule is COc1cccc(CCN(C(=O)CC2CCCC2)[C@@H]2C=C(C(=O)NCCO)[C@@H]3c4cc(C=O)cc(OC)c4O[C@@H]3[C@H]2O)c1. The number of rotatable bonds is 12. The van der Waals surface area contributed by atoms with Gasteiger partial charge in [-0.1, -0.05) is 25.0 Å². The van der Waals surface area contributed by atoms with Crippen LogP contribution in [-0.4, -0.2) is 85.4 Å². The number of hydrogen-bond donors (Lipinski definition) is 3. The van der Waals surface area contributed by atoms with Crippen LogP contribution in [0, 0.1) is 5.92 Å². The number of methoxy groups -OCH3 is 2. The summed E-state index contributed by atoms with van der Waals surface area (Å²) >= 11 is 0. The number of fused-ring (bicyclic) bond motifs is 3. The van der Waals surface area contributed by atoms with Crippen LogP contribution in [0.25, 0.3) is 0 Å². The van der Waals surface area contributed by atoms with Crippen molar-refractivity contribution in [3.05, 3.63) is 64.7 Å². The number of carbonyl (C=O) groups is 3. The molecule has 2 amide bonds. The first-order valence-corrected chi connectivity index (χ1v) is 14.9. The van der Waals surface area contributed by atoms with Crippen molar-refractivity contribution in [3.63, 3.8) is 0 Å². The lowest BCUT2D eigenvalue weighted by Gasteiger charge is -2.41. The van der Waals surface area contributed by atoms with Gasteiger partial charge < -0.3 is 34.6 Å². The van der Waals surface area contributed by atoms with Gasteiger partial charge in [-0.25, -0.2) is 0 Å². The number of aliphatic hydroxyl groups excluding tert-OH is 2. The Hall–Kier alpha value is -3.89. The van der Waals surface area contributed by atoms with Gasteiger partial charge in [0.1, 0.15) is 24.2 Å². The van der Waals surface area contributed by atoms with Crippen molar-refractivity contribution in [3.8, 4) is 17.2 Å². The highest BCUT2D eigenvalue weighted by molar-refractivity contribution is 5.96. The molecule has 0 bridgehead atoms. The molecule has 10 heteroatoms. The molecule has 5 rings (SSSR count). The van der Waals surface area contributed by atoms with E-state index in [4.69, 9.17) is 14.2 Å². The molecule has 0 aromatic heterocycles. The van der Waals surface area contributed by atoms with E-state index in [0.29, 0.717) is 59.6 Å². The maximum Gasteiger partial charge on any atom is 0.247 e. The Labute approximate surface area is 251 Å². The standard InChI is InChI=1S/C33H40N2O8/c1-41-23-9-5-8-21(14-23)10-12-35(28(38)17-20-6-3-4-7-20)26-18-25(33(40)34-11-13-36)29-24-15-22(19-37)16-27(42-2)31(24)43-32(29)30(26)39/h5,8-9,14-16,18-20,26,29-30,32,36,39H,3-4,6-7,10-13,17H2,1-2H3,(H,34,40)/t26-,29+,30+,32+/m1/s1. The van der Waals surface area contributed by atoms with Crippen LogP contribution >= 0.6 is 0 Å². The van der Waals surface area contributed by atoms with Crippen molar-refractivity contribution >= 4 is 18.1 Å². The topological polar surface area (TPSA) is 135 Å². The van der Waals surface area contributed by atoms with E-state index in [1.807, 2.05) is 24.3 Å². The third-order valence-electron chi connectivity index (χ3n) is 8.80. The van der Waals surface area contributed by atoms with Crippen LogP contribution in [0.5, 0.6) is 17.2 Å². The van der Waals surface area contributed by atoms with Gasteiger partial charge in [-0.15, -0.1) is 0 Å². The zero-order valence-electron chi connectivity index (χ0n) is 24.7. The molecule has 0 spiro atoms. The predicted octanol–water partition coefficient (Wildman–Crippen LogP) is 2.79. The predicted molar refractivity (Wildman–Crippen MR) is 158 cm³/mol. The fourth-order valence-corrected chi connectivity index (χ4v) is 6.65. The molecule has 4 atom stereocenters. The van der Waals surface area contributed by atoms with Gasteiger partial charge in [-0.2, -0.15) is 0 Å². The highest BCUT2D eigenvalue weighted by Crippen LogP contribution is 2.51. The summed E-state index contributed by atoms with van der Waals surface area (Å²) in [6.45, 7) is 0.0969. The summed E-state index contributed by atoms with van der Waals surface area (Å²) < 4.78 is 17.2. The van der Waals surface area contributed by atoms with Gasteiger partial charge in [0.2, 0.25) is 11.8 Å². The average molecular weight is 593 g/mol. The van der Waals surface area contributed by atoms with Crippen LogP contribution in [0.3, 0.4) is 0 Å². The van der Waals surface area contributed by atoms with Crippen LogP contribution in [0.2, 0.25) is 0 Å². The Bertz CT molecular complexity index is 1370. The van der Waals surface area contributed by atoms with Gasteiger partial charge in [0.05, 0.1) is 32.8 Å². The maximum absolute atomic E-state index is 14.0. The first-order chi connectivity index (χ1) is 20.9. The smallest absolute Gasteiger partial charge is 0.247 e. The lowest BCUT2D eigenvalue weighted by molar-refractivity contribution is -0.138. The summed E-state index contributed by atoms with van der Waals surface area (Å²) in [4.78, 5) is 40.9. The molecule has 1 saturated carbocycles. The van der Waals surface area contributed by atoms with Crippen LogP contribution in [0.4, 0.5) is 0 Å². The molecular formula is C33H40N2O8. The van der Waals surface area contributed by atoms with E-state index in [9.17, 15) is 24.6 Å². The van der Waals surface area contributed by atoms with E-state index in [1.165, 1.54) is 7.11 Å². The van der Waals surface area contributed by atoms with E-state index >= 15 is 0 Å². The Morgan fingerprint density at radius 3 is 2.63 bits per heavy atom. The summed E-state index contributed by atoms with van der Waals surface area (Å²) in [5.41, 5.74) is 2.17. The molecule has 0 radical (unpaired) electrons. The van der Waals surface area contributed by atoms with Crippen molar-refractivity contribution in [2.24, 2.45) is 5.92 Å². The van der Waals surface area contributed by atoms with Gasteiger partial charge in [-0.05, 0) is 61.1 Å². The molecule has 3 aliphatic rings. The quantitative estimate of drug-likeness (QED) is 0.321. The molecule has 0 saturated heterocycles. The highest BCUT2D eigenvalue weighted by Gasteiger charge is 2.51. The maximum atomic E-state index is 14.0. The monoisotopic (exact) mass is 592 g/mol. The summed E-state index contributed by atoms with van der Waals surface area (Å²) in [5, 5.41) is 24.0. The first kappa shape index (κ1) is 30.6. The number of nitrogens with zero attached hydrogens (tertiary/aromatic N) is 1. The molecular weight excluding hydrogens is 552 g/mol. The van der Waals surface area contributed by atoms with Gasteiger partial charge >= 0.3 is 0 Å². The van der Waals surface area contributed by atoms with E-state index < -0.39 is 30.1 Å². The summed E-state index contributed by atoms with van der Waals surface area (Å²) in [6, 6.07) is 9.98. The zero-order chi connectivity index (χ0) is 30.5. The van der Waals surface area contributed by atoms with Crippen molar-refractivity contribution in [2.75, 3.05) is 33.9 Å². The normalized spacial score (nSPS) is 22.6. The number of amides is 2. The number of benzene rings is 2. The summed E-state index contributed by atoms with van der Waals surface area (Å²) in [6.07, 6.45) is 5.35. The molecule has 1 fully saturated rings. The minimum absolute atomic E-state index is 0.0341. The number of aldehydes is 1. The zero-order valence-corrected chi connectivity index (χ0v) is 24.7. The minimum Gasteiger partial charge on any atom is -0.497 e. The lowest BCUT2D eigenvalue weighted by atomic mass is 9.77. The van der Waals surface area contributed by atoms with Crippen molar-refractivity contribution in [1.29, 1.82) is 0 Å². The Balaban J connectivity index is 1.53. The van der Waals surface area contributed by atoms with Crippen LogP contribution < -0.4 is 19.5 Å². The Morgan fingerprint density at radius 1 is 1.14 bits per heavy atom. The average Bonchev–Trinajstić information content (AvgIpc) is 3.68. The van der Waals surface area contributed by atoms with Gasteiger partial charge in [0, 0.05) is 36.2 Å². The van der Waals surface area contributed by atoms with Crippen LogP contribution in [0.1, 0.15) is 59.5 Å². The number of nitrogens with one attached hydrogen (secondary N) is 1. The number of ether oxygens (including phenoxy) is 3. The molecule has 10 nitrogen and oxygen atoms in total. The van der Waals surface area contributed by atoms with Gasteiger partial charge in [0.15, 0.2) is 11.5 Å². The number of aliphatic hydroxyl groups is 2. The summed E-state index contributed by atoms with van der Waals surface area (Å²) in [7, 11) is 3.06. The first-order valence-electron chi connectivity index (χ1n) is 14.9. The molecule has 1 aliphatic heterocycles. The molecule has 2 aromatic carbocycles. The van der Waals surface area contributed by atoms with E-state index in [-0.39, 0.29) is 25.0 Å². The highest BCUT2D eigenvalue weighted by atomic mass is 16.5. The van der Waals surface area contributed by atoms with E-state index in [2.05, 4.69) is 5.32 Å². The third kappa shape index (κ3) is 6.40. The molecule has 3 N–H and O–H groups in total. The molecule has 43 heavy (non-hydrogen) atoms. The van der Waals surface area contributed by atoms with Crippen LogP contribution in [0.15, 0.2) is 48.0 Å². The second kappa shape index (κ2) is 13.6. The minimum atomic E-state index is -1.17. The molecule has 2 aromatic rings. The second-order valence-corrected chi connectivity index (χ2v) is 11.4. The summed E-state index contributed by atoms with van der Waals surface area (Å²) in [5.74, 6) is 0.437. The fraction of sp³-hybridized carbons (Fsp3) is 0.485. The van der Waals surface area contributed by atoms with Crippen molar-refractivity contribution < 1.29 is 38.8 Å². The van der Waals surface area contributed by atoms with E-state index in [1.54, 1.807) is 30.2 Å².